The molecule has 0 aliphatic carbocycles. The highest BCUT2D eigenvalue weighted by Crippen LogP contribution is 2.34. The molecule has 0 radical (unpaired) electrons. The summed E-state index contributed by atoms with van der Waals surface area (Å²) >= 11 is 1.92. The van der Waals surface area contributed by atoms with Crippen molar-refractivity contribution in [1.29, 1.82) is 0 Å². The van der Waals surface area contributed by atoms with Crippen LogP contribution in [0.4, 0.5) is 5.82 Å². The molecule has 110 valence electrons. The van der Waals surface area contributed by atoms with E-state index in [1.165, 1.54) is 16.8 Å². The van der Waals surface area contributed by atoms with E-state index in [2.05, 4.69) is 43.4 Å². The highest BCUT2D eigenvalue weighted by atomic mass is 32.2. The van der Waals surface area contributed by atoms with Crippen molar-refractivity contribution in [2.45, 2.75) is 38.2 Å². The van der Waals surface area contributed by atoms with Crippen LogP contribution in [0.5, 0.6) is 0 Å². The fourth-order valence-corrected chi connectivity index (χ4v) is 3.50. The zero-order chi connectivity index (χ0) is 14.7. The van der Waals surface area contributed by atoms with Gasteiger partial charge in [-0.05, 0) is 18.4 Å². The third-order valence-corrected chi connectivity index (χ3v) is 4.71. The maximum atomic E-state index is 4.78. The molecule has 0 spiro atoms. The lowest BCUT2D eigenvalue weighted by molar-refractivity contribution is 0.955. The lowest BCUT2D eigenvalue weighted by Gasteiger charge is -2.11. The third-order valence-electron chi connectivity index (χ3n) is 3.74. The zero-order valence-corrected chi connectivity index (χ0v) is 13.5. The van der Waals surface area contributed by atoms with Gasteiger partial charge in [0.05, 0.1) is 5.69 Å². The number of rotatable bonds is 5. The minimum absolute atomic E-state index is 0.845. The Morgan fingerprint density at radius 2 is 1.90 bits per heavy atom. The Hall–Kier alpha value is -1.55. The summed E-state index contributed by atoms with van der Waals surface area (Å²) in [5, 5.41) is 3.46. The molecule has 4 heteroatoms. The average Bonchev–Trinajstić information content (AvgIpc) is 3.01. The number of benzene rings is 1. The number of fused-ring (bicyclic) bond motifs is 1. The van der Waals surface area contributed by atoms with Gasteiger partial charge in [-0.3, -0.25) is 0 Å². The highest BCUT2D eigenvalue weighted by Gasteiger charge is 2.20. The number of nitrogens with zero attached hydrogens (tertiary/aromatic N) is 2. The molecular weight excluding hydrogens is 278 g/mol. The Morgan fingerprint density at radius 3 is 2.62 bits per heavy atom. The van der Waals surface area contributed by atoms with Crippen molar-refractivity contribution in [1.82, 2.24) is 9.97 Å². The van der Waals surface area contributed by atoms with Crippen molar-refractivity contribution in [3.05, 3.63) is 41.1 Å². The van der Waals surface area contributed by atoms with E-state index < -0.39 is 0 Å². The van der Waals surface area contributed by atoms with Crippen molar-refractivity contribution in [2.75, 3.05) is 11.9 Å². The summed E-state index contributed by atoms with van der Waals surface area (Å²) in [6.45, 7) is 5.31. The molecule has 0 atom stereocenters. The molecule has 0 bridgehead atoms. The standard InChI is InChI=1S/C17H21N3S/c1-3-9-18-17-14-10-21-11-15(14)19-16(20-17)13-7-5-12(4-2)6-8-13/h5-8H,3-4,9-11H2,1-2H3,(H,18,19,20). The summed E-state index contributed by atoms with van der Waals surface area (Å²) in [5.74, 6) is 3.90. The molecule has 1 aliphatic heterocycles. The minimum atomic E-state index is 0.845. The van der Waals surface area contributed by atoms with Crippen LogP contribution in [0.1, 0.15) is 37.1 Å². The first kappa shape index (κ1) is 14.4. The number of aromatic nitrogens is 2. The molecule has 0 saturated heterocycles. The van der Waals surface area contributed by atoms with Crippen molar-refractivity contribution in [2.24, 2.45) is 0 Å². The molecule has 3 nitrogen and oxygen atoms in total. The van der Waals surface area contributed by atoms with Crippen LogP contribution in [0, 0.1) is 0 Å². The van der Waals surface area contributed by atoms with Gasteiger partial charge in [0.15, 0.2) is 5.82 Å². The molecule has 2 heterocycles. The van der Waals surface area contributed by atoms with Crippen molar-refractivity contribution in [3.63, 3.8) is 0 Å². The van der Waals surface area contributed by atoms with Crippen LogP contribution in [0.15, 0.2) is 24.3 Å². The molecule has 1 aromatic heterocycles. The van der Waals surface area contributed by atoms with Gasteiger partial charge in [-0.25, -0.2) is 9.97 Å². The van der Waals surface area contributed by atoms with E-state index in [-0.39, 0.29) is 0 Å². The summed E-state index contributed by atoms with van der Waals surface area (Å²) in [6.07, 6.45) is 2.16. The van der Waals surface area contributed by atoms with Crippen LogP contribution >= 0.6 is 11.8 Å². The monoisotopic (exact) mass is 299 g/mol. The molecule has 0 fully saturated rings. The summed E-state index contributed by atoms with van der Waals surface area (Å²) < 4.78 is 0. The van der Waals surface area contributed by atoms with Crippen LogP contribution < -0.4 is 5.32 Å². The molecule has 0 unspecified atom stereocenters. The molecule has 3 rings (SSSR count). The van der Waals surface area contributed by atoms with Gasteiger partial charge in [-0.15, -0.1) is 0 Å². The van der Waals surface area contributed by atoms with Crippen LogP contribution in [0.25, 0.3) is 11.4 Å². The molecule has 1 aliphatic rings. The Kier molecular flexibility index (Phi) is 4.44. The Balaban J connectivity index is 1.97. The first-order valence-electron chi connectivity index (χ1n) is 7.62. The summed E-state index contributed by atoms with van der Waals surface area (Å²) in [6, 6.07) is 8.60. The van der Waals surface area contributed by atoms with Crippen molar-refractivity contribution >= 4 is 17.6 Å². The lowest BCUT2D eigenvalue weighted by Crippen LogP contribution is -2.08. The second-order valence-corrected chi connectivity index (χ2v) is 6.28. The normalized spacial score (nSPS) is 13.2. The van der Waals surface area contributed by atoms with Crippen molar-refractivity contribution < 1.29 is 0 Å². The first-order chi connectivity index (χ1) is 10.3. The van der Waals surface area contributed by atoms with Gasteiger partial charge in [-0.2, -0.15) is 11.8 Å². The van der Waals surface area contributed by atoms with Crippen LogP contribution in [0.3, 0.4) is 0 Å². The number of hydrogen-bond acceptors (Lipinski definition) is 4. The zero-order valence-electron chi connectivity index (χ0n) is 12.6. The number of aryl methyl sites for hydroxylation is 1. The third kappa shape index (κ3) is 3.05. The maximum Gasteiger partial charge on any atom is 0.161 e. The van der Waals surface area contributed by atoms with E-state index in [1.54, 1.807) is 0 Å². The van der Waals surface area contributed by atoms with E-state index in [9.17, 15) is 0 Å². The Morgan fingerprint density at radius 1 is 1.10 bits per heavy atom. The first-order valence-corrected chi connectivity index (χ1v) is 8.78. The summed E-state index contributed by atoms with van der Waals surface area (Å²) in [4.78, 5) is 9.55. The Labute approximate surface area is 130 Å². The topological polar surface area (TPSA) is 37.8 Å². The van der Waals surface area contributed by atoms with Gasteiger partial charge in [0.1, 0.15) is 5.82 Å². The van der Waals surface area contributed by atoms with E-state index in [1.807, 2.05) is 11.8 Å². The molecular formula is C17H21N3S. The molecule has 2 aromatic rings. The second-order valence-electron chi connectivity index (χ2n) is 5.29. The van der Waals surface area contributed by atoms with E-state index in [0.717, 1.165) is 48.1 Å². The SMILES string of the molecule is CCCNc1nc(-c2ccc(CC)cc2)nc2c1CSC2. The minimum Gasteiger partial charge on any atom is -0.370 e. The fraction of sp³-hybridized carbons (Fsp3) is 0.412. The molecule has 1 N–H and O–H groups in total. The smallest absolute Gasteiger partial charge is 0.161 e. The van der Waals surface area contributed by atoms with E-state index in [0.29, 0.717) is 0 Å². The molecule has 0 amide bonds. The van der Waals surface area contributed by atoms with Gasteiger partial charge < -0.3 is 5.32 Å². The van der Waals surface area contributed by atoms with Crippen LogP contribution in [-0.2, 0) is 17.9 Å². The van der Waals surface area contributed by atoms with Gasteiger partial charge in [0.25, 0.3) is 0 Å². The fourth-order valence-electron chi connectivity index (χ4n) is 2.46. The number of thioether (sulfide) groups is 1. The van der Waals surface area contributed by atoms with Crippen LogP contribution in [-0.4, -0.2) is 16.5 Å². The predicted octanol–water partition coefficient (Wildman–Crippen LogP) is 4.27. The summed E-state index contributed by atoms with van der Waals surface area (Å²) in [7, 11) is 0. The average molecular weight is 299 g/mol. The van der Waals surface area contributed by atoms with Gasteiger partial charge in [0, 0.05) is 29.2 Å². The molecule has 1 aromatic carbocycles. The second kappa shape index (κ2) is 6.48. The number of hydrogen-bond donors (Lipinski definition) is 1. The summed E-state index contributed by atoms with van der Waals surface area (Å²) in [5.41, 5.74) is 4.94. The van der Waals surface area contributed by atoms with Gasteiger partial charge >= 0.3 is 0 Å². The quantitative estimate of drug-likeness (QED) is 0.894. The van der Waals surface area contributed by atoms with Gasteiger partial charge in [-0.1, -0.05) is 38.1 Å². The maximum absolute atomic E-state index is 4.78. The molecule has 0 saturated carbocycles. The van der Waals surface area contributed by atoms with Crippen molar-refractivity contribution in [3.8, 4) is 11.4 Å². The Bertz CT molecular complexity index is 623. The van der Waals surface area contributed by atoms with Gasteiger partial charge in [0.2, 0.25) is 0 Å². The van der Waals surface area contributed by atoms with E-state index in [4.69, 9.17) is 9.97 Å². The number of anilines is 1. The lowest BCUT2D eigenvalue weighted by atomic mass is 10.1. The number of nitrogens with one attached hydrogen (secondary N) is 1. The predicted molar refractivity (Wildman–Crippen MR) is 90.6 cm³/mol. The van der Waals surface area contributed by atoms with E-state index >= 15 is 0 Å². The van der Waals surface area contributed by atoms with Crippen LogP contribution in [0.2, 0.25) is 0 Å². The largest absolute Gasteiger partial charge is 0.370 e. The molecule has 21 heavy (non-hydrogen) atoms. The highest BCUT2D eigenvalue weighted by molar-refractivity contribution is 7.98.